The normalized spacial score (nSPS) is 23.2. The number of hydrogen-bond donors (Lipinski definition) is 1. The molecule has 1 saturated heterocycles. The van der Waals surface area contributed by atoms with Crippen LogP contribution in [0.4, 0.5) is 0 Å². The van der Waals surface area contributed by atoms with Gasteiger partial charge in [-0.3, -0.25) is 9.80 Å². The van der Waals surface area contributed by atoms with Crippen LogP contribution in [0.5, 0.6) is 0 Å². The van der Waals surface area contributed by atoms with Gasteiger partial charge in [0.15, 0.2) is 0 Å². The van der Waals surface area contributed by atoms with Crippen molar-refractivity contribution in [1.82, 2.24) is 24.3 Å². The smallest absolute Gasteiger partial charge is 0.0949 e. The molecule has 0 aliphatic carbocycles. The minimum atomic E-state index is -0.265. The lowest BCUT2D eigenvalue weighted by atomic mass is 10.1. The van der Waals surface area contributed by atoms with Crippen LogP contribution in [0.25, 0.3) is 0 Å². The van der Waals surface area contributed by atoms with Crippen LogP contribution >= 0.6 is 0 Å². The minimum Gasteiger partial charge on any atom is -0.390 e. The van der Waals surface area contributed by atoms with E-state index in [9.17, 15) is 5.11 Å². The molecule has 6 nitrogen and oxygen atoms in total. The average molecular weight is 293 g/mol. The van der Waals surface area contributed by atoms with E-state index >= 15 is 0 Å². The number of aliphatic hydroxyl groups is 1. The van der Waals surface area contributed by atoms with Crippen molar-refractivity contribution in [2.24, 2.45) is 7.05 Å². The summed E-state index contributed by atoms with van der Waals surface area (Å²) in [5.41, 5.74) is 2.52. The maximum atomic E-state index is 10.4. The Labute approximate surface area is 127 Å². The Morgan fingerprint density at radius 1 is 1.10 bits per heavy atom. The monoisotopic (exact) mass is 293 g/mol. The fourth-order valence-corrected chi connectivity index (χ4v) is 3.35. The minimum absolute atomic E-state index is 0.265. The lowest BCUT2D eigenvalue weighted by molar-refractivity contribution is 0.0514. The van der Waals surface area contributed by atoms with Gasteiger partial charge in [-0.2, -0.15) is 0 Å². The molecular weight excluding hydrogens is 266 g/mol. The number of hydrogen-bond acceptors (Lipinski definition) is 5. The van der Waals surface area contributed by atoms with Gasteiger partial charge in [-0.15, -0.1) is 0 Å². The lowest BCUT2D eigenvalue weighted by Crippen LogP contribution is -2.49. The predicted octanol–water partition coefficient (Wildman–Crippen LogP) is -0.613. The Hall–Kier alpha value is -0.950. The molecule has 3 heterocycles. The zero-order valence-electron chi connectivity index (χ0n) is 13.2. The number of nitrogens with zero attached hydrogens (tertiary/aromatic N) is 5. The van der Waals surface area contributed by atoms with Crippen LogP contribution in [0.15, 0.2) is 6.33 Å². The fourth-order valence-electron chi connectivity index (χ4n) is 3.35. The topological polar surface area (TPSA) is 47.8 Å². The number of β-amino-alcohol motifs (C(OH)–C–C–N with tert-alkyl or cyclic N) is 1. The molecule has 0 radical (unpaired) electrons. The summed E-state index contributed by atoms with van der Waals surface area (Å²) < 4.78 is 2.12. The molecule has 1 N–H and O–H groups in total. The van der Waals surface area contributed by atoms with Crippen LogP contribution in [-0.4, -0.2) is 88.3 Å². The second kappa shape index (κ2) is 6.44. The molecule has 2 aliphatic heterocycles. The van der Waals surface area contributed by atoms with Crippen molar-refractivity contribution < 1.29 is 5.11 Å². The molecule has 2 aliphatic rings. The molecule has 0 aromatic carbocycles. The lowest BCUT2D eigenvalue weighted by Gasteiger charge is -2.35. The SMILES string of the molecule is CN1CCN(C[C@H](O)CN2CCc3c(ncn3C)C2)CC1. The Bertz CT molecular complexity index is 467. The fraction of sp³-hybridized carbons (Fsp3) is 0.800. The Morgan fingerprint density at radius 2 is 1.81 bits per heavy atom. The molecule has 0 saturated carbocycles. The van der Waals surface area contributed by atoms with Gasteiger partial charge < -0.3 is 14.6 Å². The summed E-state index contributed by atoms with van der Waals surface area (Å²) in [6, 6.07) is 0. The van der Waals surface area contributed by atoms with E-state index in [0.717, 1.165) is 58.8 Å². The van der Waals surface area contributed by atoms with Gasteiger partial charge in [0.25, 0.3) is 0 Å². The first-order valence-electron chi connectivity index (χ1n) is 7.92. The maximum absolute atomic E-state index is 10.4. The van der Waals surface area contributed by atoms with Gasteiger partial charge in [-0.1, -0.05) is 0 Å². The van der Waals surface area contributed by atoms with Crippen molar-refractivity contribution in [2.45, 2.75) is 19.1 Å². The molecule has 0 amide bonds. The van der Waals surface area contributed by atoms with E-state index in [1.165, 1.54) is 11.4 Å². The van der Waals surface area contributed by atoms with Crippen LogP contribution in [0.3, 0.4) is 0 Å². The largest absolute Gasteiger partial charge is 0.390 e. The molecule has 6 heteroatoms. The molecule has 1 fully saturated rings. The number of imidazole rings is 1. The van der Waals surface area contributed by atoms with Crippen LogP contribution in [0, 0.1) is 0 Å². The molecule has 1 atom stereocenters. The maximum Gasteiger partial charge on any atom is 0.0949 e. The van der Waals surface area contributed by atoms with Crippen molar-refractivity contribution in [3.63, 3.8) is 0 Å². The highest BCUT2D eigenvalue weighted by Crippen LogP contribution is 2.17. The second-order valence-electron chi connectivity index (χ2n) is 6.49. The summed E-state index contributed by atoms with van der Waals surface area (Å²) in [6.07, 6.45) is 2.67. The molecule has 3 rings (SSSR count). The molecule has 1 aromatic heterocycles. The number of piperazine rings is 1. The van der Waals surface area contributed by atoms with Crippen LogP contribution in [-0.2, 0) is 20.0 Å². The van der Waals surface area contributed by atoms with Crippen LogP contribution in [0.2, 0.25) is 0 Å². The van der Waals surface area contributed by atoms with Crippen molar-refractivity contribution >= 4 is 0 Å². The summed E-state index contributed by atoms with van der Waals surface area (Å²) in [6.45, 7) is 7.78. The molecule has 1 aromatic rings. The van der Waals surface area contributed by atoms with E-state index in [2.05, 4.69) is 38.3 Å². The molecule has 0 spiro atoms. The third-order valence-electron chi connectivity index (χ3n) is 4.72. The highest BCUT2D eigenvalue weighted by molar-refractivity contribution is 5.16. The van der Waals surface area contributed by atoms with Crippen molar-refractivity contribution in [2.75, 3.05) is 52.9 Å². The number of fused-ring (bicyclic) bond motifs is 1. The van der Waals surface area contributed by atoms with Gasteiger partial charge in [-0.05, 0) is 7.05 Å². The Kier molecular flexibility index (Phi) is 4.59. The summed E-state index contributed by atoms with van der Waals surface area (Å²) in [5, 5.41) is 10.4. The predicted molar refractivity (Wildman–Crippen MR) is 82.1 cm³/mol. The molecule has 21 heavy (non-hydrogen) atoms. The quantitative estimate of drug-likeness (QED) is 0.802. The second-order valence-corrected chi connectivity index (χ2v) is 6.49. The third-order valence-corrected chi connectivity index (χ3v) is 4.72. The molecule has 118 valence electrons. The van der Waals surface area contributed by atoms with Gasteiger partial charge >= 0.3 is 0 Å². The van der Waals surface area contributed by atoms with E-state index in [1.807, 2.05) is 6.33 Å². The first-order chi connectivity index (χ1) is 10.1. The number of aromatic nitrogens is 2. The van der Waals surface area contributed by atoms with Crippen molar-refractivity contribution in [1.29, 1.82) is 0 Å². The van der Waals surface area contributed by atoms with E-state index in [4.69, 9.17) is 0 Å². The Morgan fingerprint density at radius 3 is 2.57 bits per heavy atom. The number of aryl methyl sites for hydroxylation is 1. The van der Waals surface area contributed by atoms with Gasteiger partial charge in [0.2, 0.25) is 0 Å². The zero-order chi connectivity index (χ0) is 14.8. The first kappa shape index (κ1) is 15.0. The average Bonchev–Trinajstić information content (AvgIpc) is 2.82. The third kappa shape index (κ3) is 3.63. The molecular formula is C15H27N5O. The van der Waals surface area contributed by atoms with Crippen LogP contribution < -0.4 is 0 Å². The summed E-state index contributed by atoms with van der Waals surface area (Å²) in [4.78, 5) is 11.5. The number of rotatable bonds is 4. The van der Waals surface area contributed by atoms with Crippen molar-refractivity contribution in [3.8, 4) is 0 Å². The van der Waals surface area contributed by atoms with E-state index in [0.29, 0.717) is 0 Å². The number of likely N-dealkylation sites (N-methyl/N-ethyl adjacent to an activating group) is 1. The highest BCUT2D eigenvalue weighted by atomic mass is 16.3. The number of aliphatic hydroxyl groups excluding tert-OH is 1. The van der Waals surface area contributed by atoms with E-state index in [1.54, 1.807) is 0 Å². The molecule has 0 bridgehead atoms. The van der Waals surface area contributed by atoms with Gasteiger partial charge in [0, 0.05) is 71.5 Å². The van der Waals surface area contributed by atoms with Crippen LogP contribution in [0.1, 0.15) is 11.4 Å². The Balaban J connectivity index is 1.46. The summed E-state index contributed by atoms with van der Waals surface area (Å²) >= 11 is 0. The van der Waals surface area contributed by atoms with Gasteiger partial charge in [0.05, 0.1) is 18.1 Å². The van der Waals surface area contributed by atoms with E-state index in [-0.39, 0.29) is 6.10 Å². The first-order valence-corrected chi connectivity index (χ1v) is 7.92. The standard InChI is InChI=1S/C15H27N5O/c1-17-5-7-19(8-6-17)9-13(21)10-20-4-3-15-14(11-20)16-12-18(15)2/h12-13,21H,3-11H2,1-2H3/t13-/m0/s1. The molecule has 0 unspecified atom stereocenters. The van der Waals surface area contributed by atoms with Crippen molar-refractivity contribution in [3.05, 3.63) is 17.7 Å². The summed E-state index contributed by atoms with van der Waals surface area (Å²) in [7, 11) is 4.22. The zero-order valence-corrected chi connectivity index (χ0v) is 13.2. The summed E-state index contributed by atoms with van der Waals surface area (Å²) in [5.74, 6) is 0. The van der Waals surface area contributed by atoms with Gasteiger partial charge in [-0.25, -0.2) is 4.98 Å². The van der Waals surface area contributed by atoms with Gasteiger partial charge in [0.1, 0.15) is 0 Å². The van der Waals surface area contributed by atoms with E-state index < -0.39 is 0 Å². The highest BCUT2D eigenvalue weighted by Gasteiger charge is 2.23.